The van der Waals surface area contributed by atoms with Crippen LogP contribution >= 0.6 is 0 Å². The zero-order chi connectivity index (χ0) is 10.9. The van der Waals surface area contributed by atoms with Crippen molar-refractivity contribution in [3.8, 4) is 0 Å². The summed E-state index contributed by atoms with van der Waals surface area (Å²) in [5, 5.41) is 0. The van der Waals surface area contributed by atoms with Crippen LogP contribution in [0.15, 0.2) is 30.3 Å². The van der Waals surface area contributed by atoms with Gasteiger partial charge in [-0.05, 0) is 29.9 Å². The number of esters is 1. The quantitative estimate of drug-likeness (QED) is 0.708. The van der Waals surface area contributed by atoms with E-state index in [1.54, 1.807) is 12.1 Å². The monoisotopic (exact) mass is 204 g/mol. The number of rotatable bonds is 3. The molecule has 1 aromatic rings. The normalized spacial score (nSPS) is 22.1. The van der Waals surface area contributed by atoms with Crippen molar-refractivity contribution >= 4 is 5.97 Å². The lowest BCUT2D eigenvalue weighted by Crippen LogP contribution is -2.09. The van der Waals surface area contributed by atoms with Crippen molar-refractivity contribution in [3.05, 3.63) is 35.9 Å². The van der Waals surface area contributed by atoms with Crippen LogP contribution in [-0.2, 0) is 4.74 Å². The smallest absolute Gasteiger partial charge is 0.338 e. The minimum Gasteiger partial charge on any atom is -0.462 e. The highest BCUT2D eigenvalue weighted by atomic mass is 16.5. The van der Waals surface area contributed by atoms with Gasteiger partial charge >= 0.3 is 5.97 Å². The van der Waals surface area contributed by atoms with Gasteiger partial charge in [0.1, 0.15) is 0 Å². The molecule has 0 saturated heterocycles. The second-order valence-corrected chi connectivity index (χ2v) is 4.85. The van der Waals surface area contributed by atoms with E-state index in [2.05, 4.69) is 13.8 Å². The standard InChI is InChI=1S/C13H16O2/c1-13(2)8-11(13)9-15-12(14)10-6-4-3-5-7-10/h3-7,11H,8-9H2,1-2H3. The maximum Gasteiger partial charge on any atom is 0.338 e. The molecular weight excluding hydrogens is 188 g/mol. The Balaban J connectivity index is 1.84. The van der Waals surface area contributed by atoms with Crippen molar-refractivity contribution in [1.82, 2.24) is 0 Å². The fraction of sp³-hybridized carbons (Fsp3) is 0.462. The van der Waals surface area contributed by atoms with Gasteiger partial charge in [0.25, 0.3) is 0 Å². The summed E-state index contributed by atoms with van der Waals surface area (Å²) in [4.78, 5) is 11.6. The van der Waals surface area contributed by atoms with Crippen LogP contribution in [-0.4, -0.2) is 12.6 Å². The van der Waals surface area contributed by atoms with Crippen LogP contribution in [0.25, 0.3) is 0 Å². The number of ether oxygens (including phenoxy) is 1. The van der Waals surface area contributed by atoms with Gasteiger partial charge in [-0.1, -0.05) is 32.0 Å². The van der Waals surface area contributed by atoms with Crippen LogP contribution < -0.4 is 0 Å². The molecular formula is C13H16O2. The fourth-order valence-electron chi connectivity index (χ4n) is 1.69. The van der Waals surface area contributed by atoms with Gasteiger partial charge in [0.15, 0.2) is 0 Å². The van der Waals surface area contributed by atoms with Gasteiger partial charge in [0.05, 0.1) is 12.2 Å². The van der Waals surface area contributed by atoms with E-state index in [0.717, 1.165) is 6.42 Å². The minimum atomic E-state index is -0.210. The maximum atomic E-state index is 11.6. The van der Waals surface area contributed by atoms with E-state index in [0.29, 0.717) is 23.5 Å². The Hall–Kier alpha value is -1.31. The molecule has 2 nitrogen and oxygen atoms in total. The zero-order valence-electron chi connectivity index (χ0n) is 9.19. The topological polar surface area (TPSA) is 26.3 Å². The van der Waals surface area contributed by atoms with Crippen molar-refractivity contribution in [3.63, 3.8) is 0 Å². The summed E-state index contributed by atoms with van der Waals surface area (Å²) in [6.07, 6.45) is 1.16. The van der Waals surface area contributed by atoms with E-state index >= 15 is 0 Å². The predicted octanol–water partition coefficient (Wildman–Crippen LogP) is 2.89. The molecule has 1 aliphatic rings. The van der Waals surface area contributed by atoms with Gasteiger partial charge < -0.3 is 4.74 Å². The average molecular weight is 204 g/mol. The van der Waals surface area contributed by atoms with Crippen molar-refractivity contribution < 1.29 is 9.53 Å². The second kappa shape index (κ2) is 3.69. The molecule has 2 heteroatoms. The third-order valence-electron chi connectivity index (χ3n) is 3.14. The first kappa shape index (κ1) is 10.2. The Morgan fingerprint density at radius 2 is 2.00 bits per heavy atom. The van der Waals surface area contributed by atoms with E-state index in [1.807, 2.05) is 18.2 Å². The molecule has 0 amide bonds. The van der Waals surface area contributed by atoms with E-state index < -0.39 is 0 Å². The van der Waals surface area contributed by atoms with Crippen molar-refractivity contribution in [1.29, 1.82) is 0 Å². The fourth-order valence-corrected chi connectivity index (χ4v) is 1.69. The van der Waals surface area contributed by atoms with Gasteiger partial charge in [-0.2, -0.15) is 0 Å². The van der Waals surface area contributed by atoms with Gasteiger partial charge in [0, 0.05) is 0 Å². The average Bonchev–Trinajstić information content (AvgIpc) is 2.84. The summed E-state index contributed by atoms with van der Waals surface area (Å²) in [7, 11) is 0. The molecule has 2 rings (SSSR count). The van der Waals surface area contributed by atoms with E-state index in [9.17, 15) is 4.79 Å². The van der Waals surface area contributed by atoms with Crippen molar-refractivity contribution in [2.24, 2.45) is 11.3 Å². The van der Waals surface area contributed by atoms with Crippen LogP contribution in [0.2, 0.25) is 0 Å². The maximum absolute atomic E-state index is 11.6. The predicted molar refractivity (Wildman–Crippen MR) is 58.6 cm³/mol. The molecule has 1 fully saturated rings. The van der Waals surface area contributed by atoms with Gasteiger partial charge in [-0.3, -0.25) is 0 Å². The second-order valence-electron chi connectivity index (χ2n) is 4.85. The van der Waals surface area contributed by atoms with Crippen LogP contribution in [0.3, 0.4) is 0 Å². The molecule has 15 heavy (non-hydrogen) atoms. The van der Waals surface area contributed by atoms with Crippen LogP contribution in [0.4, 0.5) is 0 Å². The highest BCUT2D eigenvalue weighted by Crippen LogP contribution is 2.51. The number of carbonyl (C=O) groups is 1. The van der Waals surface area contributed by atoms with Crippen LogP contribution in [0, 0.1) is 11.3 Å². The molecule has 80 valence electrons. The number of benzene rings is 1. The van der Waals surface area contributed by atoms with Crippen LogP contribution in [0.5, 0.6) is 0 Å². The number of hydrogen-bond donors (Lipinski definition) is 0. The summed E-state index contributed by atoms with van der Waals surface area (Å²) in [5.41, 5.74) is 1.01. The Bertz CT molecular complexity index is 354. The molecule has 0 aromatic heterocycles. The van der Waals surface area contributed by atoms with Gasteiger partial charge in [-0.15, -0.1) is 0 Å². The summed E-state index contributed by atoms with van der Waals surface area (Å²) >= 11 is 0. The molecule has 0 N–H and O–H groups in total. The molecule has 0 aliphatic heterocycles. The third-order valence-corrected chi connectivity index (χ3v) is 3.14. The highest BCUT2D eigenvalue weighted by Gasteiger charge is 2.46. The lowest BCUT2D eigenvalue weighted by Gasteiger charge is -2.05. The molecule has 1 aromatic carbocycles. The molecule has 0 bridgehead atoms. The lowest BCUT2D eigenvalue weighted by molar-refractivity contribution is 0.0473. The lowest BCUT2D eigenvalue weighted by atomic mass is 10.1. The molecule has 0 radical (unpaired) electrons. The summed E-state index contributed by atoms with van der Waals surface area (Å²) < 4.78 is 5.25. The Morgan fingerprint density at radius 3 is 2.53 bits per heavy atom. The largest absolute Gasteiger partial charge is 0.462 e. The molecule has 1 unspecified atom stereocenters. The molecule has 1 saturated carbocycles. The Morgan fingerprint density at radius 1 is 1.40 bits per heavy atom. The SMILES string of the molecule is CC1(C)CC1COC(=O)c1ccccc1. The zero-order valence-corrected chi connectivity index (χ0v) is 9.19. The first-order chi connectivity index (χ1) is 7.09. The van der Waals surface area contributed by atoms with E-state index in [1.165, 1.54) is 0 Å². The summed E-state index contributed by atoms with van der Waals surface area (Å²) in [5.74, 6) is 0.337. The Kier molecular flexibility index (Phi) is 2.51. The van der Waals surface area contributed by atoms with Crippen molar-refractivity contribution in [2.75, 3.05) is 6.61 Å². The first-order valence-electron chi connectivity index (χ1n) is 5.32. The molecule has 0 spiro atoms. The highest BCUT2D eigenvalue weighted by molar-refractivity contribution is 5.89. The molecule has 0 heterocycles. The first-order valence-corrected chi connectivity index (χ1v) is 5.32. The van der Waals surface area contributed by atoms with Gasteiger partial charge in [0.2, 0.25) is 0 Å². The number of carbonyl (C=O) groups excluding carboxylic acids is 1. The minimum absolute atomic E-state index is 0.210. The van der Waals surface area contributed by atoms with E-state index in [-0.39, 0.29) is 5.97 Å². The summed E-state index contributed by atoms with van der Waals surface area (Å²) in [6, 6.07) is 9.14. The van der Waals surface area contributed by atoms with E-state index in [4.69, 9.17) is 4.74 Å². The number of hydrogen-bond acceptors (Lipinski definition) is 2. The molecule has 1 aliphatic carbocycles. The van der Waals surface area contributed by atoms with Gasteiger partial charge in [-0.25, -0.2) is 4.79 Å². The third kappa shape index (κ3) is 2.38. The molecule has 1 atom stereocenters. The Labute approximate surface area is 90.3 Å². The van der Waals surface area contributed by atoms with Crippen LogP contribution in [0.1, 0.15) is 30.6 Å². The summed E-state index contributed by atoms with van der Waals surface area (Å²) in [6.45, 7) is 4.96. The van der Waals surface area contributed by atoms with Crippen molar-refractivity contribution in [2.45, 2.75) is 20.3 Å².